The minimum atomic E-state index is 0.190. The highest BCUT2D eigenvalue weighted by Gasteiger charge is 2.15. The molecule has 8 nitrogen and oxygen atoms in total. The third-order valence-corrected chi connectivity index (χ3v) is 8.68. The highest BCUT2D eigenvalue weighted by Crippen LogP contribution is 2.39. The van der Waals surface area contributed by atoms with Gasteiger partial charge in [-0.3, -0.25) is 0 Å². The highest BCUT2D eigenvalue weighted by atomic mass is 79.9. The van der Waals surface area contributed by atoms with E-state index in [9.17, 15) is 0 Å². The molecule has 2 heterocycles. The maximum atomic E-state index is 9.09. The highest BCUT2D eigenvalue weighted by molar-refractivity contribution is 9.10. The van der Waals surface area contributed by atoms with E-state index in [-0.39, 0.29) is 21.8 Å². The number of rotatable bonds is 6. The summed E-state index contributed by atoms with van der Waals surface area (Å²) >= 11 is 27.6. The van der Waals surface area contributed by atoms with Crippen LogP contribution < -0.4 is 18.9 Å². The molecule has 0 radical (unpaired) electrons. The van der Waals surface area contributed by atoms with Crippen molar-refractivity contribution in [1.29, 1.82) is 10.5 Å². The summed E-state index contributed by atoms with van der Waals surface area (Å²) in [5.41, 5.74) is 5.35. The number of nitrogens with zero attached hydrogens (tertiary/aromatic N) is 4. The van der Waals surface area contributed by atoms with Crippen LogP contribution in [0.25, 0.3) is 0 Å². The van der Waals surface area contributed by atoms with Gasteiger partial charge in [0, 0.05) is 33.3 Å². The number of halogens is 5. The molecule has 0 unspecified atom stereocenters. The standard InChI is InChI=1S/C22H14Cl2N2O2.C13H7BrCl2N2O2.C9H8/c1-14-4-3-5-15(8-14)6-7-18-12-20(21(24)22(26-18)27-2)28-19-10-16(13-25)9-17(23)11-19;1-19-13-12(16)10(5-11(14)18-13)20-9-3-7(6-17)2-8(15)4-9;1-3-9-6-4-5-8(2)7-9/h3-5,8-12H,1-2H3;2-5H,1H3;1,4-7H,2H3. The fourth-order valence-corrected chi connectivity index (χ4v) is 5.89. The number of nitriles is 2. The summed E-state index contributed by atoms with van der Waals surface area (Å²) in [6.07, 6.45) is 5.17. The Labute approximate surface area is 359 Å². The average Bonchev–Trinajstić information content (AvgIpc) is 3.19. The molecule has 57 heavy (non-hydrogen) atoms. The molecule has 0 N–H and O–H groups in total. The Hall–Kier alpha value is -5.88. The zero-order valence-corrected chi connectivity index (χ0v) is 35.2. The monoisotopic (exact) mass is 896 g/mol. The molecule has 13 heteroatoms. The molecule has 0 amide bonds. The van der Waals surface area contributed by atoms with Gasteiger partial charge in [-0.25, -0.2) is 9.97 Å². The van der Waals surface area contributed by atoms with Crippen LogP contribution in [0.5, 0.6) is 34.8 Å². The minimum Gasteiger partial charge on any atom is -0.480 e. The van der Waals surface area contributed by atoms with E-state index in [0.717, 1.165) is 16.7 Å². The lowest BCUT2D eigenvalue weighted by molar-refractivity contribution is 0.391. The molecular weight excluding hydrogens is 870 g/mol. The molecule has 0 saturated heterocycles. The van der Waals surface area contributed by atoms with E-state index in [4.69, 9.17) is 82.3 Å². The van der Waals surface area contributed by atoms with Crippen molar-refractivity contribution in [1.82, 2.24) is 9.97 Å². The fourth-order valence-electron chi connectivity index (χ4n) is 4.64. The molecule has 0 saturated carbocycles. The Kier molecular flexibility index (Phi) is 16.5. The lowest BCUT2D eigenvalue weighted by atomic mass is 10.1. The minimum absolute atomic E-state index is 0.190. The molecule has 0 spiro atoms. The smallest absolute Gasteiger partial charge is 0.237 e. The quantitative estimate of drug-likeness (QED) is 0.120. The summed E-state index contributed by atoms with van der Waals surface area (Å²) in [5.74, 6) is 10.5. The van der Waals surface area contributed by atoms with Gasteiger partial charge in [-0.05, 0) is 107 Å². The van der Waals surface area contributed by atoms with E-state index >= 15 is 0 Å². The van der Waals surface area contributed by atoms with Crippen molar-refractivity contribution in [3.63, 3.8) is 0 Å². The largest absolute Gasteiger partial charge is 0.480 e. The molecule has 284 valence electrons. The number of pyridine rings is 2. The van der Waals surface area contributed by atoms with Crippen molar-refractivity contribution in [2.24, 2.45) is 0 Å². The zero-order chi connectivity index (χ0) is 41.5. The third kappa shape index (κ3) is 13.4. The van der Waals surface area contributed by atoms with E-state index in [2.05, 4.69) is 43.7 Å². The summed E-state index contributed by atoms with van der Waals surface area (Å²) < 4.78 is 22.3. The number of aromatic nitrogens is 2. The van der Waals surface area contributed by atoms with Crippen LogP contribution in [0.1, 0.15) is 39.1 Å². The van der Waals surface area contributed by atoms with Gasteiger partial charge in [-0.1, -0.05) is 82.5 Å². The normalized spacial score (nSPS) is 9.65. The van der Waals surface area contributed by atoms with E-state index in [1.165, 1.54) is 19.8 Å². The van der Waals surface area contributed by atoms with Crippen molar-refractivity contribution >= 4 is 62.3 Å². The van der Waals surface area contributed by atoms with Gasteiger partial charge in [0.25, 0.3) is 0 Å². The van der Waals surface area contributed by atoms with Crippen LogP contribution in [-0.2, 0) is 0 Å². The van der Waals surface area contributed by atoms with Crippen LogP contribution in [0, 0.1) is 60.7 Å². The predicted octanol–water partition coefficient (Wildman–Crippen LogP) is 12.6. The lowest BCUT2D eigenvalue weighted by Gasteiger charge is -2.11. The Morgan fingerprint density at radius 1 is 0.596 bits per heavy atom. The molecule has 2 aromatic heterocycles. The molecule has 0 aliphatic rings. The summed E-state index contributed by atoms with van der Waals surface area (Å²) in [6.45, 7) is 4.03. The number of aryl methyl sites for hydroxylation is 2. The Morgan fingerprint density at radius 2 is 1.09 bits per heavy atom. The maximum Gasteiger partial charge on any atom is 0.237 e. The zero-order valence-electron chi connectivity index (χ0n) is 30.6. The second kappa shape index (κ2) is 21.4. The van der Waals surface area contributed by atoms with Crippen molar-refractivity contribution in [3.05, 3.63) is 161 Å². The lowest BCUT2D eigenvalue weighted by Crippen LogP contribution is -1.96. The van der Waals surface area contributed by atoms with E-state index in [0.29, 0.717) is 54.5 Å². The van der Waals surface area contributed by atoms with Gasteiger partial charge in [-0.2, -0.15) is 10.5 Å². The predicted molar refractivity (Wildman–Crippen MR) is 228 cm³/mol. The van der Waals surface area contributed by atoms with Crippen LogP contribution in [-0.4, -0.2) is 24.2 Å². The van der Waals surface area contributed by atoms with E-state index in [1.807, 2.05) is 74.5 Å². The first kappa shape index (κ1) is 43.8. The van der Waals surface area contributed by atoms with Crippen LogP contribution in [0.15, 0.2) is 102 Å². The average molecular weight is 899 g/mol. The van der Waals surface area contributed by atoms with Crippen molar-refractivity contribution in [3.8, 4) is 71.1 Å². The van der Waals surface area contributed by atoms with Crippen LogP contribution in [0.3, 0.4) is 0 Å². The van der Waals surface area contributed by atoms with Crippen LogP contribution in [0.4, 0.5) is 0 Å². The fraction of sp³-hybridized carbons (Fsp3) is 0.0909. The number of ether oxygens (including phenoxy) is 4. The van der Waals surface area contributed by atoms with Gasteiger partial charge >= 0.3 is 0 Å². The number of hydrogen-bond donors (Lipinski definition) is 0. The first-order valence-corrected chi connectivity index (χ1v) is 18.7. The van der Waals surface area contributed by atoms with Crippen molar-refractivity contribution in [2.45, 2.75) is 13.8 Å². The van der Waals surface area contributed by atoms with Crippen molar-refractivity contribution < 1.29 is 18.9 Å². The van der Waals surface area contributed by atoms with E-state index < -0.39 is 0 Å². The summed E-state index contributed by atoms with van der Waals surface area (Å²) in [4.78, 5) is 8.34. The van der Waals surface area contributed by atoms with Gasteiger partial charge in [0.2, 0.25) is 11.8 Å². The second-order valence-corrected chi connectivity index (χ2v) is 13.9. The summed E-state index contributed by atoms with van der Waals surface area (Å²) in [6, 6.07) is 32.3. The number of hydrogen-bond acceptors (Lipinski definition) is 8. The topological polar surface area (TPSA) is 110 Å². The van der Waals surface area contributed by atoms with Gasteiger partial charge in [0.15, 0.2) is 11.5 Å². The molecule has 0 aliphatic carbocycles. The first-order chi connectivity index (χ1) is 27.3. The van der Waals surface area contributed by atoms with Gasteiger partial charge in [0.05, 0.1) is 37.5 Å². The molecule has 0 aliphatic heterocycles. The number of terminal acetylenes is 1. The van der Waals surface area contributed by atoms with Gasteiger partial charge < -0.3 is 18.9 Å². The molecule has 0 atom stereocenters. The molecule has 4 aromatic carbocycles. The SMILES string of the molecule is C#Cc1cccc(C)c1.COc1nc(Br)cc(Oc2cc(Cl)cc(C#N)c2)c1Cl.COc1nc(C#Cc2cccc(C)c2)cc(Oc2cc(Cl)cc(C#N)c2)c1Cl. The Morgan fingerprint density at radius 3 is 1.56 bits per heavy atom. The van der Waals surface area contributed by atoms with Crippen LogP contribution >= 0.6 is 62.3 Å². The van der Waals surface area contributed by atoms with E-state index in [1.54, 1.807) is 48.5 Å². The molecule has 6 aromatic rings. The molecular formula is C44H29BrCl4N4O4. The van der Waals surface area contributed by atoms with Crippen molar-refractivity contribution in [2.75, 3.05) is 14.2 Å². The third-order valence-electron chi connectivity index (χ3n) is 7.14. The Balaban J connectivity index is 0.000000215. The van der Waals surface area contributed by atoms with Gasteiger partial charge in [-0.15, -0.1) is 6.42 Å². The summed E-state index contributed by atoms with van der Waals surface area (Å²) in [5, 5.41) is 19.2. The Bertz CT molecular complexity index is 2610. The first-order valence-electron chi connectivity index (χ1n) is 16.4. The summed E-state index contributed by atoms with van der Waals surface area (Å²) in [7, 11) is 2.92. The second-order valence-electron chi connectivity index (χ2n) is 11.5. The maximum absolute atomic E-state index is 9.09. The number of methoxy groups -OCH3 is 2. The molecule has 0 bridgehead atoms. The number of benzene rings is 4. The van der Waals surface area contributed by atoms with Crippen LogP contribution in [0.2, 0.25) is 20.1 Å². The molecule has 0 fully saturated rings. The molecule has 6 rings (SSSR count). The van der Waals surface area contributed by atoms with Gasteiger partial charge in [0.1, 0.15) is 31.8 Å².